The lowest BCUT2D eigenvalue weighted by atomic mass is 10.0. The SMILES string of the molecule is C[C@@H]1CCCN(C(=O)CN(c2cccc(Br)c2)S(=O)(=O)c2ccccc2)C1. The number of hydrogen-bond acceptors (Lipinski definition) is 3. The summed E-state index contributed by atoms with van der Waals surface area (Å²) in [5.74, 6) is 0.272. The van der Waals surface area contributed by atoms with Gasteiger partial charge in [0.1, 0.15) is 6.54 Å². The summed E-state index contributed by atoms with van der Waals surface area (Å²) in [6.45, 7) is 3.27. The van der Waals surface area contributed by atoms with Crippen molar-refractivity contribution in [3.8, 4) is 0 Å². The minimum Gasteiger partial charge on any atom is -0.341 e. The number of piperidine rings is 1. The number of rotatable bonds is 5. The Balaban J connectivity index is 1.94. The van der Waals surface area contributed by atoms with Crippen LogP contribution in [-0.4, -0.2) is 38.9 Å². The van der Waals surface area contributed by atoms with Gasteiger partial charge in [-0.3, -0.25) is 9.10 Å². The highest BCUT2D eigenvalue weighted by atomic mass is 79.9. The summed E-state index contributed by atoms with van der Waals surface area (Å²) in [4.78, 5) is 14.8. The molecule has 5 nitrogen and oxygen atoms in total. The third-order valence-electron chi connectivity index (χ3n) is 4.72. The minimum atomic E-state index is -3.85. The average molecular weight is 451 g/mol. The molecule has 1 aliphatic rings. The van der Waals surface area contributed by atoms with Crippen molar-refractivity contribution in [1.29, 1.82) is 0 Å². The Morgan fingerprint density at radius 1 is 1.19 bits per heavy atom. The second-order valence-electron chi connectivity index (χ2n) is 6.89. The Kier molecular flexibility index (Phi) is 6.22. The number of anilines is 1. The van der Waals surface area contributed by atoms with E-state index in [1.54, 1.807) is 53.4 Å². The van der Waals surface area contributed by atoms with Crippen LogP contribution in [0.15, 0.2) is 64.0 Å². The van der Waals surface area contributed by atoms with E-state index in [0.29, 0.717) is 24.7 Å². The highest BCUT2D eigenvalue weighted by Gasteiger charge is 2.30. The van der Waals surface area contributed by atoms with Crippen molar-refractivity contribution in [2.45, 2.75) is 24.7 Å². The molecule has 3 rings (SSSR count). The van der Waals surface area contributed by atoms with Crippen LogP contribution in [0.25, 0.3) is 0 Å². The molecular formula is C20H23BrN2O3S. The maximum Gasteiger partial charge on any atom is 0.264 e. The van der Waals surface area contributed by atoms with E-state index in [4.69, 9.17) is 0 Å². The molecule has 0 spiro atoms. The number of carbonyl (C=O) groups excluding carboxylic acids is 1. The van der Waals surface area contributed by atoms with Gasteiger partial charge in [-0.15, -0.1) is 0 Å². The molecule has 0 radical (unpaired) electrons. The van der Waals surface area contributed by atoms with E-state index in [9.17, 15) is 13.2 Å². The predicted molar refractivity (Wildman–Crippen MR) is 110 cm³/mol. The first kappa shape index (κ1) is 19.9. The summed E-state index contributed by atoms with van der Waals surface area (Å²) >= 11 is 3.39. The topological polar surface area (TPSA) is 57.7 Å². The van der Waals surface area contributed by atoms with Crippen LogP contribution in [0.4, 0.5) is 5.69 Å². The van der Waals surface area contributed by atoms with Gasteiger partial charge in [-0.1, -0.05) is 47.1 Å². The molecule has 1 fully saturated rings. The van der Waals surface area contributed by atoms with Gasteiger partial charge in [0, 0.05) is 17.6 Å². The molecule has 1 atom stereocenters. The Bertz CT molecular complexity index is 902. The van der Waals surface area contributed by atoms with Crippen molar-refractivity contribution in [2.24, 2.45) is 5.92 Å². The third-order valence-corrected chi connectivity index (χ3v) is 7.00. The molecule has 0 aliphatic carbocycles. The van der Waals surface area contributed by atoms with Gasteiger partial charge in [-0.25, -0.2) is 8.42 Å². The normalized spacial score (nSPS) is 17.6. The molecule has 0 aromatic heterocycles. The highest BCUT2D eigenvalue weighted by Crippen LogP contribution is 2.27. The summed E-state index contributed by atoms with van der Waals surface area (Å²) in [6, 6.07) is 15.2. The van der Waals surface area contributed by atoms with Crippen LogP contribution in [0, 0.1) is 5.92 Å². The van der Waals surface area contributed by atoms with E-state index in [1.807, 2.05) is 6.07 Å². The van der Waals surface area contributed by atoms with Gasteiger partial charge in [0.15, 0.2) is 0 Å². The highest BCUT2D eigenvalue weighted by molar-refractivity contribution is 9.10. The monoisotopic (exact) mass is 450 g/mol. The summed E-state index contributed by atoms with van der Waals surface area (Å²) in [5, 5.41) is 0. The molecule has 144 valence electrons. The Hall–Kier alpha value is -1.86. The largest absolute Gasteiger partial charge is 0.341 e. The maximum atomic E-state index is 13.3. The number of likely N-dealkylation sites (tertiary alicyclic amines) is 1. The molecule has 0 bridgehead atoms. The molecular weight excluding hydrogens is 428 g/mol. The zero-order valence-electron chi connectivity index (χ0n) is 15.2. The van der Waals surface area contributed by atoms with Crippen molar-refractivity contribution < 1.29 is 13.2 Å². The molecule has 1 amide bonds. The number of halogens is 1. The van der Waals surface area contributed by atoms with E-state index >= 15 is 0 Å². The zero-order chi connectivity index (χ0) is 19.4. The quantitative estimate of drug-likeness (QED) is 0.693. The lowest BCUT2D eigenvalue weighted by molar-refractivity contribution is -0.131. The summed E-state index contributed by atoms with van der Waals surface area (Å²) in [6.07, 6.45) is 2.05. The first-order valence-corrected chi connectivity index (χ1v) is 11.2. The number of carbonyl (C=O) groups is 1. The maximum absolute atomic E-state index is 13.3. The fraction of sp³-hybridized carbons (Fsp3) is 0.350. The molecule has 0 unspecified atom stereocenters. The standard InChI is InChI=1S/C20H23BrN2O3S/c1-16-7-6-12-22(14-16)20(24)15-23(18-9-5-8-17(21)13-18)27(25,26)19-10-3-2-4-11-19/h2-5,8-11,13,16H,6-7,12,14-15H2,1H3/t16-/m1/s1. The first-order valence-electron chi connectivity index (χ1n) is 8.99. The van der Waals surface area contributed by atoms with Gasteiger partial charge < -0.3 is 4.90 Å². The van der Waals surface area contributed by atoms with Gasteiger partial charge >= 0.3 is 0 Å². The molecule has 1 aliphatic heterocycles. The van der Waals surface area contributed by atoms with Crippen LogP contribution in [-0.2, 0) is 14.8 Å². The molecule has 0 saturated carbocycles. The van der Waals surface area contributed by atoms with Crippen molar-refractivity contribution >= 4 is 37.5 Å². The number of benzene rings is 2. The molecule has 0 N–H and O–H groups in total. The fourth-order valence-corrected chi connectivity index (χ4v) is 5.12. The second-order valence-corrected chi connectivity index (χ2v) is 9.67. The van der Waals surface area contributed by atoms with Crippen LogP contribution in [0.5, 0.6) is 0 Å². The van der Waals surface area contributed by atoms with Crippen molar-refractivity contribution in [3.05, 3.63) is 59.1 Å². The van der Waals surface area contributed by atoms with E-state index in [2.05, 4.69) is 22.9 Å². The fourth-order valence-electron chi connectivity index (χ4n) is 3.30. The van der Waals surface area contributed by atoms with E-state index in [0.717, 1.165) is 17.3 Å². The second kappa shape index (κ2) is 8.44. The molecule has 2 aromatic rings. The number of nitrogens with zero attached hydrogens (tertiary/aromatic N) is 2. The average Bonchev–Trinajstić information content (AvgIpc) is 2.66. The third kappa shape index (κ3) is 4.71. The Labute approximate surface area is 169 Å². The van der Waals surface area contributed by atoms with Crippen LogP contribution in [0.2, 0.25) is 0 Å². The Morgan fingerprint density at radius 2 is 1.93 bits per heavy atom. The first-order chi connectivity index (χ1) is 12.9. The van der Waals surface area contributed by atoms with Crippen LogP contribution >= 0.6 is 15.9 Å². The molecule has 1 saturated heterocycles. The molecule has 1 heterocycles. The van der Waals surface area contributed by atoms with Gasteiger partial charge in [-0.2, -0.15) is 0 Å². The molecule has 2 aromatic carbocycles. The van der Waals surface area contributed by atoms with Gasteiger partial charge in [0.05, 0.1) is 10.6 Å². The number of hydrogen-bond donors (Lipinski definition) is 0. The van der Waals surface area contributed by atoms with E-state index in [-0.39, 0.29) is 17.3 Å². The minimum absolute atomic E-state index is 0.166. The molecule has 27 heavy (non-hydrogen) atoms. The van der Waals surface area contributed by atoms with Crippen molar-refractivity contribution in [1.82, 2.24) is 4.90 Å². The van der Waals surface area contributed by atoms with Crippen LogP contribution in [0.3, 0.4) is 0 Å². The summed E-state index contributed by atoms with van der Waals surface area (Å²) in [7, 11) is -3.85. The molecule has 7 heteroatoms. The zero-order valence-corrected chi connectivity index (χ0v) is 17.6. The van der Waals surface area contributed by atoms with E-state index in [1.165, 1.54) is 4.31 Å². The Morgan fingerprint density at radius 3 is 2.59 bits per heavy atom. The van der Waals surface area contributed by atoms with Gasteiger partial charge in [-0.05, 0) is 49.1 Å². The van der Waals surface area contributed by atoms with E-state index < -0.39 is 10.0 Å². The summed E-state index contributed by atoms with van der Waals surface area (Å²) in [5.41, 5.74) is 0.464. The lowest BCUT2D eigenvalue weighted by Gasteiger charge is -2.33. The van der Waals surface area contributed by atoms with Gasteiger partial charge in [0.25, 0.3) is 10.0 Å². The van der Waals surface area contributed by atoms with Crippen molar-refractivity contribution in [2.75, 3.05) is 23.9 Å². The number of sulfonamides is 1. The van der Waals surface area contributed by atoms with Crippen molar-refractivity contribution in [3.63, 3.8) is 0 Å². The van der Waals surface area contributed by atoms with Crippen LogP contribution < -0.4 is 4.31 Å². The summed E-state index contributed by atoms with van der Waals surface area (Å²) < 4.78 is 28.5. The predicted octanol–water partition coefficient (Wildman–Crippen LogP) is 3.90. The lowest BCUT2D eigenvalue weighted by Crippen LogP contribution is -2.46. The smallest absolute Gasteiger partial charge is 0.264 e. The van der Waals surface area contributed by atoms with Gasteiger partial charge in [0.2, 0.25) is 5.91 Å². The van der Waals surface area contributed by atoms with Crippen LogP contribution in [0.1, 0.15) is 19.8 Å². The number of amides is 1.